The van der Waals surface area contributed by atoms with Gasteiger partial charge in [0.15, 0.2) is 11.5 Å². The number of methoxy groups -OCH3 is 1. The number of carbonyl (C=O) groups excluding carboxylic acids is 2. The van der Waals surface area contributed by atoms with Gasteiger partial charge in [-0.15, -0.1) is 0 Å². The Labute approximate surface area is 247 Å². The van der Waals surface area contributed by atoms with Crippen LogP contribution < -0.4 is 14.8 Å². The molecule has 2 fully saturated rings. The van der Waals surface area contributed by atoms with Crippen molar-refractivity contribution in [1.82, 2.24) is 15.1 Å². The summed E-state index contributed by atoms with van der Waals surface area (Å²) < 4.78 is 11.8. The van der Waals surface area contributed by atoms with E-state index in [2.05, 4.69) is 22.3 Å². The van der Waals surface area contributed by atoms with Crippen LogP contribution in [0.2, 0.25) is 0 Å². The van der Waals surface area contributed by atoms with Crippen LogP contribution in [0.3, 0.4) is 0 Å². The third-order valence-corrected chi connectivity index (χ3v) is 8.96. The Hall–Kier alpha value is -4.04. The highest BCUT2D eigenvalue weighted by atomic mass is 16.5. The molecule has 8 heteroatoms. The average Bonchev–Trinajstić information content (AvgIpc) is 3.62. The Bertz CT molecular complexity index is 1420. The number of amides is 2. The van der Waals surface area contributed by atoms with Crippen LogP contribution in [0, 0.1) is 5.92 Å². The van der Waals surface area contributed by atoms with E-state index in [9.17, 15) is 14.7 Å². The molecular formula is C34H39N3O5. The van der Waals surface area contributed by atoms with E-state index in [-0.39, 0.29) is 24.1 Å². The molecule has 3 aliphatic heterocycles. The Morgan fingerprint density at radius 3 is 2.69 bits per heavy atom. The molecule has 0 aromatic heterocycles. The Balaban J connectivity index is 1.23. The molecule has 2 amide bonds. The average molecular weight is 570 g/mol. The van der Waals surface area contributed by atoms with E-state index >= 15 is 0 Å². The van der Waals surface area contributed by atoms with Crippen molar-refractivity contribution < 1.29 is 24.2 Å². The van der Waals surface area contributed by atoms with E-state index < -0.39 is 0 Å². The van der Waals surface area contributed by atoms with Crippen LogP contribution in [0.25, 0.3) is 11.1 Å². The quantitative estimate of drug-likeness (QED) is 0.460. The Morgan fingerprint density at radius 1 is 1.00 bits per heavy atom. The van der Waals surface area contributed by atoms with E-state index in [1.54, 1.807) is 30.2 Å². The van der Waals surface area contributed by atoms with E-state index in [0.29, 0.717) is 49.7 Å². The molecule has 4 bridgehead atoms. The number of phenolic OH excluding ortho intramolecular Hbond substituents is 1. The molecule has 6 rings (SSSR count). The minimum absolute atomic E-state index is 0.0144. The number of rotatable bonds is 3. The lowest BCUT2D eigenvalue weighted by Gasteiger charge is -2.25. The lowest BCUT2D eigenvalue weighted by Crippen LogP contribution is -2.43. The van der Waals surface area contributed by atoms with E-state index in [4.69, 9.17) is 9.47 Å². The summed E-state index contributed by atoms with van der Waals surface area (Å²) >= 11 is 0. The highest BCUT2D eigenvalue weighted by molar-refractivity contribution is 5.97. The Kier molecular flexibility index (Phi) is 8.33. The summed E-state index contributed by atoms with van der Waals surface area (Å²) in [6.07, 6.45) is 4.70. The van der Waals surface area contributed by atoms with E-state index in [0.717, 1.165) is 54.9 Å². The molecule has 8 nitrogen and oxygen atoms in total. The summed E-state index contributed by atoms with van der Waals surface area (Å²) in [7, 11) is 1.67. The van der Waals surface area contributed by atoms with Gasteiger partial charge in [0.05, 0.1) is 20.3 Å². The third kappa shape index (κ3) is 5.95. The lowest BCUT2D eigenvalue weighted by molar-refractivity contribution is -0.122. The van der Waals surface area contributed by atoms with Crippen molar-refractivity contribution in [3.05, 3.63) is 77.9 Å². The highest BCUT2D eigenvalue weighted by Crippen LogP contribution is 2.46. The molecule has 3 heterocycles. The smallest absolute Gasteiger partial charge is 0.254 e. The number of carbonyl (C=O) groups is 2. The van der Waals surface area contributed by atoms with Gasteiger partial charge in [-0.25, -0.2) is 0 Å². The molecule has 2 N–H and O–H groups in total. The number of nitrogens with one attached hydrogen (secondary N) is 1. The summed E-state index contributed by atoms with van der Waals surface area (Å²) in [5.74, 6) is 1.73. The summed E-state index contributed by atoms with van der Waals surface area (Å²) in [4.78, 5) is 31.2. The number of hydrogen-bond acceptors (Lipinski definition) is 6. The van der Waals surface area contributed by atoms with Crippen molar-refractivity contribution in [2.75, 3.05) is 39.9 Å². The van der Waals surface area contributed by atoms with Gasteiger partial charge in [0.2, 0.25) is 5.91 Å². The van der Waals surface area contributed by atoms with Crippen molar-refractivity contribution in [3.63, 3.8) is 0 Å². The molecule has 2 saturated heterocycles. The maximum absolute atomic E-state index is 13.8. The van der Waals surface area contributed by atoms with Crippen LogP contribution in [0.5, 0.6) is 17.2 Å². The molecule has 0 aliphatic carbocycles. The second-order valence-electron chi connectivity index (χ2n) is 11.6. The van der Waals surface area contributed by atoms with Crippen LogP contribution in [0.15, 0.2) is 66.7 Å². The number of nitrogens with zero attached hydrogens (tertiary/aromatic N) is 2. The first-order valence-corrected chi connectivity index (χ1v) is 15.0. The zero-order chi connectivity index (χ0) is 29.1. The normalized spacial score (nSPS) is 23.1. The number of phenols is 1. The number of hydrogen-bond donors (Lipinski definition) is 2. The number of benzene rings is 3. The minimum Gasteiger partial charge on any atom is -0.508 e. The van der Waals surface area contributed by atoms with Gasteiger partial charge in [0.25, 0.3) is 5.91 Å². The van der Waals surface area contributed by atoms with Crippen molar-refractivity contribution in [2.24, 2.45) is 5.92 Å². The Morgan fingerprint density at radius 2 is 1.86 bits per heavy atom. The fourth-order valence-electron chi connectivity index (χ4n) is 6.83. The lowest BCUT2D eigenvalue weighted by atomic mass is 9.94. The first kappa shape index (κ1) is 28.1. The van der Waals surface area contributed by atoms with Gasteiger partial charge in [0.1, 0.15) is 5.75 Å². The van der Waals surface area contributed by atoms with Crippen LogP contribution in [-0.2, 0) is 4.79 Å². The molecule has 0 saturated carbocycles. The van der Waals surface area contributed by atoms with Crippen molar-refractivity contribution >= 4 is 11.8 Å². The topological polar surface area (TPSA) is 91.3 Å². The molecule has 3 aromatic rings. The zero-order valence-electron chi connectivity index (χ0n) is 24.1. The molecule has 3 aromatic carbocycles. The first-order valence-electron chi connectivity index (χ1n) is 15.0. The van der Waals surface area contributed by atoms with Crippen molar-refractivity contribution in [3.8, 4) is 28.4 Å². The molecule has 0 spiro atoms. The van der Waals surface area contributed by atoms with Crippen LogP contribution in [0.1, 0.15) is 54.1 Å². The zero-order valence-corrected chi connectivity index (χ0v) is 24.1. The first-order chi connectivity index (χ1) is 20.5. The monoisotopic (exact) mass is 569 g/mol. The van der Waals surface area contributed by atoms with Crippen LogP contribution >= 0.6 is 0 Å². The van der Waals surface area contributed by atoms with Gasteiger partial charge in [-0.3, -0.25) is 14.5 Å². The van der Waals surface area contributed by atoms with Gasteiger partial charge >= 0.3 is 0 Å². The molecule has 0 radical (unpaired) electrons. The van der Waals surface area contributed by atoms with Crippen molar-refractivity contribution in [1.29, 1.82) is 0 Å². The second-order valence-corrected chi connectivity index (χ2v) is 11.6. The molecule has 3 atom stereocenters. The van der Waals surface area contributed by atoms with Gasteiger partial charge in [0, 0.05) is 30.7 Å². The third-order valence-electron chi connectivity index (χ3n) is 8.96. The van der Waals surface area contributed by atoms with Gasteiger partial charge in [-0.05, 0) is 97.7 Å². The fourth-order valence-corrected chi connectivity index (χ4v) is 6.83. The van der Waals surface area contributed by atoms with Crippen LogP contribution in [0.4, 0.5) is 0 Å². The van der Waals surface area contributed by atoms with Gasteiger partial charge in [-0.1, -0.05) is 30.3 Å². The summed E-state index contributed by atoms with van der Waals surface area (Å²) in [6.45, 7) is 2.62. The predicted octanol–water partition coefficient (Wildman–Crippen LogP) is 5.02. The summed E-state index contributed by atoms with van der Waals surface area (Å²) in [5, 5.41) is 12.8. The highest BCUT2D eigenvalue weighted by Gasteiger charge is 2.44. The fraction of sp³-hybridized carbons (Fsp3) is 0.412. The largest absolute Gasteiger partial charge is 0.508 e. The molecule has 42 heavy (non-hydrogen) atoms. The molecular weight excluding hydrogens is 530 g/mol. The van der Waals surface area contributed by atoms with Crippen LogP contribution in [-0.4, -0.2) is 72.7 Å². The second kappa shape index (κ2) is 12.4. The summed E-state index contributed by atoms with van der Waals surface area (Å²) in [6, 6.07) is 21.3. The molecule has 3 aliphatic rings. The van der Waals surface area contributed by atoms with Crippen molar-refractivity contribution in [2.45, 2.75) is 44.2 Å². The maximum atomic E-state index is 13.8. The molecule has 220 valence electrons. The number of aromatic hydroxyl groups is 1. The molecule has 0 unspecified atom stereocenters. The number of fused-ring (bicyclic) bond motifs is 8. The van der Waals surface area contributed by atoms with Gasteiger partial charge in [-0.2, -0.15) is 0 Å². The van der Waals surface area contributed by atoms with E-state index in [1.807, 2.05) is 36.4 Å². The standard InChI is InChI=1S/C34H39N3O5/c1-41-31-14-11-25-20-32(31)42-17-3-2-15-36(22-33(39)35-21-27-19-30(25)37-16-5-8-29(27)37)34(40)26-7-4-6-24(18-26)23-9-12-28(38)13-10-23/h4,6-7,9-14,18,20,27,29-30,38H,2-3,5,8,15-17,19,21-22H2,1H3,(H,35,39)/t27-,29+,30-/m1/s1. The predicted molar refractivity (Wildman–Crippen MR) is 161 cm³/mol. The van der Waals surface area contributed by atoms with E-state index in [1.165, 1.54) is 5.56 Å². The maximum Gasteiger partial charge on any atom is 0.254 e. The SMILES string of the molecule is COc1ccc2cc1OCCCCN(C(=O)c1cccc(-c3ccc(O)cc3)c1)CC(=O)NC[C@H]1C[C@H]2N2CCC[C@@H]12. The summed E-state index contributed by atoms with van der Waals surface area (Å²) in [5.41, 5.74) is 3.55. The number of ether oxygens (including phenoxy) is 2. The van der Waals surface area contributed by atoms with Gasteiger partial charge < -0.3 is 24.8 Å². The minimum atomic E-state index is -0.176.